The number of morpholine rings is 1. The molecule has 37 heavy (non-hydrogen) atoms. The molecular formula is C25H28F2N8O2. The fourth-order valence-electron chi connectivity index (χ4n) is 4.25. The fraction of sp³-hybridized carbons (Fsp3) is 0.400. The van der Waals surface area contributed by atoms with Gasteiger partial charge in [-0.1, -0.05) is 0 Å². The molecule has 12 heteroatoms. The van der Waals surface area contributed by atoms with Crippen molar-refractivity contribution >= 4 is 22.9 Å². The van der Waals surface area contributed by atoms with Gasteiger partial charge in [-0.25, -0.2) is 13.9 Å². The lowest BCUT2D eigenvalue weighted by Gasteiger charge is -2.29. The second-order valence-corrected chi connectivity index (χ2v) is 10.0. The summed E-state index contributed by atoms with van der Waals surface area (Å²) in [6.45, 7) is 11.5. The van der Waals surface area contributed by atoms with E-state index in [-0.39, 0.29) is 5.69 Å². The van der Waals surface area contributed by atoms with E-state index in [0.717, 1.165) is 16.0 Å². The monoisotopic (exact) mass is 510 g/mol. The number of pyridine rings is 1. The number of benzene rings is 1. The summed E-state index contributed by atoms with van der Waals surface area (Å²) in [7, 11) is 0. The van der Waals surface area contributed by atoms with E-state index in [4.69, 9.17) is 4.74 Å². The maximum atomic E-state index is 14.9. The molecule has 1 aliphatic rings. The Labute approximate surface area is 212 Å². The number of halogens is 2. The van der Waals surface area contributed by atoms with E-state index >= 15 is 0 Å². The number of ether oxygens (including phenoxy) is 1. The molecule has 0 radical (unpaired) electrons. The van der Waals surface area contributed by atoms with Crippen LogP contribution in [-0.2, 0) is 10.3 Å². The highest BCUT2D eigenvalue weighted by molar-refractivity contribution is 6.03. The summed E-state index contributed by atoms with van der Waals surface area (Å²) in [6.07, 6.45) is 1.82. The molecule has 0 unspecified atom stereocenters. The Bertz CT molecular complexity index is 1500. The van der Waals surface area contributed by atoms with Crippen LogP contribution in [0.3, 0.4) is 0 Å². The lowest BCUT2D eigenvalue weighted by Crippen LogP contribution is -2.36. The zero-order valence-electron chi connectivity index (χ0n) is 21.3. The van der Waals surface area contributed by atoms with Crippen molar-refractivity contribution < 1.29 is 18.3 Å². The Morgan fingerprint density at radius 1 is 1.05 bits per heavy atom. The molecule has 3 aromatic heterocycles. The topological polar surface area (TPSA) is 102 Å². The molecule has 0 atom stereocenters. The van der Waals surface area contributed by atoms with Crippen LogP contribution >= 0.6 is 0 Å². The SMILES string of the molecule is Cc1nc2c(N3CCOCC3)cc(-c3cc(NC(=O)c4nn(C(C)(C)C)nc4F)c(F)cc3C)cn2n1. The lowest BCUT2D eigenvalue weighted by molar-refractivity contribution is 0.101. The van der Waals surface area contributed by atoms with E-state index < -0.39 is 28.9 Å². The number of nitrogens with one attached hydrogen (secondary N) is 1. The Morgan fingerprint density at radius 2 is 1.78 bits per heavy atom. The molecule has 1 N–H and O–H groups in total. The first-order chi connectivity index (χ1) is 17.5. The number of nitrogens with zero attached hydrogens (tertiary/aromatic N) is 7. The number of rotatable bonds is 4. The van der Waals surface area contributed by atoms with Crippen LogP contribution in [0.25, 0.3) is 16.8 Å². The minimum absolute atomic E-state index is 0.0990. The molecule has 0 aliphatic carbocycles. The minimum Gasteiger partial charge on any atom is -0.378 e. The van der Waals surface area contributed by atoms with Crippen molar-refractivity contribution in [3.63, 3.8) is 0 Å². The normalized spacial score (nSPS) is 14.4. The zero-order chi connectivity index (χ0) is 26.5. The first-order valence-corrected chi connectivity index (χ1v) is 12.0. The summed E-state index contributed by atoms with van der Waals surface area (Å²) in [4.78, 5) is 20.7. The molecule has 1 amide bonds. The van der Waals surface area contributed by atoms with E-state index in [0.29, 0.717) is 48.9 Å². The van der Waals surface area contributed by atoms with E-state index in [1.54, 1.807) is 32.2 Å². The molecule has 0 spiro atoms. The van der Waals surface area contributed by atoms with Crippen molar-refractivity contribution in [3.05, 3.63) is 53.2 Å². The van der Waals surface area contributed by atoms with Crippen molar-refractivity contribution in [2.75, 3.05) is 36.5 Å². The standard InChI is InChI=1S/C25H28F2N8O2/c1-14-10-18(26)19(29-24(36)21-22(27)32-35(31-21)25(3,4)5)12-17(14)16-11-20(33-6-8-37-9-7-33)23-28-15(2)30-34(23)13-16/h10-13H,6-9H2,1-5H3,(H,29,36). The Balaban J connectivity index is 1.54. The molecular weight excluding hydrogens is 482 g/mol. The average Bonchev–Trinajstić information content (AvgIpc) is 3.42. The number of hydrogen-bond acceptors (Lipinski definition) is 7. The van der Waals surface area contributed by atoms with Gasteiger partial charge >= 0.3 is 0 Å². The second-order valence-electron chi connectivity index (χ2n) is 10.0. The summed E-state index contributed by atoms with van der Waals surface area (Å²) >= 11 is 0. The van der Waals surface area contributed by atoms with Crippen LogP contribution in [0.4, 0.5) is 20.2 Å². The van der Waals surface area contributed by atoms with Gasteiger partial charge in [-0.3, -0.25) is 4.79 Å². The third-order valence-electron chi connectivity index (χ3n) is 6.13. The number of hydrogen-bond donors (Lipinski definition) is 1. The predicted molar refractivity (Wildman–Crippen MR) is 134 cm³/mol. The summed E-state index contributed by atoms with van der Waals surface area (Å²) in [5.74, 6) is -1.94. The van der Waals surface area contributed by atoms with Crippen LogP contribution < -0.4 is 10.2 Å². The maximum absolute atomic E-state index is 14.9. The van der Waals surface area contributed by atoms with Crippen molar-refractivity contribution in [2.45, 2.75) is 40.2 Å². The summed E-state index contributed by atoms with van der Waals surface area (Å²) in [6, 6.07) is 4.84. The van der Waals surface area contributed by atoms with E-state index in [2.05, 4.69) is 30.5 Å². The van der Waals surface area contributed by atoms with Gasteiger partial charge in [-0.05, 0) is 63.9 Å². The number of anilines is 2. The zero-order valence-corrected chi connectivity index (χ0v) is 21.3. The van der Waals surface area contributed by atoms with E-state index in [1.807, 2.05) is 19.2 Å². The molecule has 0 saturated carbocycles. The van der Waals surface area contributed by atoms with Crippen LogP contribution in [0.15, 0.2) is 24.4 Å². The minimum atomic E-state index is -1.03. The Kier molecular flexibility index (Phi) is 6.14. The highest BCUT2D eigenvalue weighted by Gasteiger charge is 2.25. The van der Waals surface area contributed by atoms with E-state index in [9.17, 15) is 13.6 Å². The highest BCUT2D eigenvalue weighted by atomic mass is 19.1. The molecule has 10 nitrogen and oxygen atoms in total. The van der Waals surface area contributed by atoms with Crippen LogP contribution in [0.2, 0.25) is 0 Å². The number of aromatic nitrogens is 6. The third kappa shape index (κ3) is 4.76. The summed E-state index contributed by atoms with van der Waals surface area (Å²) in [5.41, 5.74) is 2.47. The summed E-state index contributed by atoms with van der Waals surface area (Å²) in [5, 5.41) is 14.6. The van der Waals surface area contributed by atoms with Gasteiger partial charge in [-0.2, -0.15) is 14.3 Å². The smallest absolute Gasteiger partial charge is 0.281 e. The van der Waals surface area contributed by atoms with Crippen LogP contribution in [0.5, 0.6) is 0 Å². The van der Waals surface area contributed by atoms with Crippen molar-refractivity contribution in [1.82, 2.24) is 29.6 Å². The number of fused-ring (bicyclic) bond motifs is 1. The highest BCUT2D eigenvalue weighted by Crippen LogP contribution is 2.33. The largest absolute Gasteiger partial charge is 0.378 e. The molecule has 4 aromatic rings. The number of aryl methyl sites for hydroxylation is 2. The first-order valence-electron chi connectivity index (χ1n) is 12.0. The van der Waals surface area contributed by atoms with Gasteiger partial charge in [0.05, 0.1) is 30.1 Å². The predicted octanol–water partition coefficient (Wildman–Crippen LogP) is 3.73. The van der Waals surface area contributed by atoms with Crippen LogP contribution in [0.1, 0.15) is 42.6 Å². The van der Waals surface area contributed by atoms with Gasteiger partial charge in [-0.15, -0.1) is 10.2 Å². The molecule has 1 aliphatic heterocycles. The maximum Gasteiger partial charge on any atom is 0.281 e. The number of carbonyl (C=O) groups excluding carboxylic acids is 1. The Hall–Kier alpha value is -3.93. The van der Waals surface area contributed by atoms with Gasteiger partial charge < -0.3 is 15.0 Å². The van der Waals surface area contributed by atoms with Crippen molar-refractivity contribution in [3.8, 4) is 11.1 Å². The van der Waals surface area contributed by atoms with Crippen molar-refractivity contribution in [2.24, 2.45) is 0 Å². The van der Waals surface area contributed by atoms with Gasteiger partial charge in [0, 0.05) is 24.8 Å². The Morgan fingerprint density at radius 3 is 2.46 bits per heavy atom. The van der Waals surface area contributed by atoms with Gasteiger partial charge in [0.25, 0.3) is 11.9 Å². The van der Waals surface area contributed by atoms with Gasteiger partial charge in [0.2, 0.25) is 5.69 Å². The first kappa shape index (κ1) is 24.8. The molecule has 0 bridgehead atoms. The molecule has 1 fully saturated rings. The van der Waals surface area contributed by atoms with E-state index in [1.165, 1.54) is 12.1 Å². The fourth-order valence-corrected chi connectivity index (χ4v) is 4.25. The third-order valence-corrected chi connectivity index (χ3v) is 6.13. The molecule has 194 valence electrons. The molecule has 5 rings (SSSR count). The van der Waals surface area contributed by atoms with Crippen molar-refractivity contribution in [1.29, 1.82) is 0 Å². The van der Waals surface area contributed by atoms with Crippen LogP contribution in [-0.4, -0.2) is 61.8 Å². The average molecular weight is 511 g/mol. The van der Waals surface area contributed by atoms with Gasteiger partial charge in [0.1, 0.15) is 11.6 Å². The number of carbonyl (C=O) groups is 1. The molecule has 4 heterocycles. The lowest BCUT2D eigenvalue weighted by atomic mass is 10.00. The molecule has 1 aromatic carbocycles. The van der Waals surface area contributed by atoms with Crippen LogP contribution in [0, 0.1) is 25.6 Å². The van der Waals surface area contributed by atoms with Gasteiger partial charge in [0.15, 0.2) is 5.65 Å². The summed E-state index contributed by atoms with van der Waals surface area (Å²) < 4.78 is 36.5. The second kappa shape index (κ2) is 9.18. The quantitative estimate of drug-likeness (QED) is 0.446. The molecule has 1 saturated heterocycles. The number of amides is 1.